The first-order valence-corrected chi connectivity index (χ1v) is 6.35. The van der Waals surface area contributed by atoms with Gasteiger partial charge in [-0.15, -0.1) is 0 Å². The normalized spacial score (nSPS) is 46.6. The van der Waals surface area contributed by atoms with E-state index in [1.165, 1.54) is 11.3 Å². The molecule has 4 rings (SSSR count). The first-order chi connectivity index (χ1) is 8.03. The van der Waals surface area contributed by atoms with E-state index in [1.54, 1.807) is 0 Å². The van der Waals surface area contributed by atoms with Gasteiger partial charge in [-0.05, 0) is 49.9 Å². The molecule has 0 aromatic heterocycles. The summed E-state index contributed by atoms with van der Waals surface area (Å²) >= 11 is 0. The van der Waals surface area contributed by atoms with Crippen LogP contribution in [0.1, 0.15) is 32.1 Å². The molecule has 3 atom stereocenters. The van der Waals surface area contributed by atoms with Crippen LogP contribution in [0.25, 0.3) is 0 Å². The summed E-state index contributed by atoms with van der Waals surface area (Å²) in [5, 5.41) is 16.7. The summed E-state index contributed by atoms with van der Waals surface area (Å²) in [4.78, 5) is 1.35. The van der Waals surface area contributed by atoms with Gasteiger partial charge < -0.3 is 11.5 Å². The monoisotopic (exact) mass is 233 g/mol. The quantitative estimate of drug-likeness (QED) is 0.266. The molecule has 3 unspecified atom stereocenters. The van der Waals surface area contributed by atoms with Gasteiger partial charge in [-0.25, -0.2) is 4.90 Å². The third-order valence-corrected chi connectivity index (χ3v) is 4.96. The maximum Gasteiger partial charge on any atom is 0.202 e. The lowest BCUT2D eigenvalue weighted by molar-refractivity contribution is -0.0509. The molecule has 5 N–H and O–H groups in total. The van der Waals surface area contributed by atoms with E-state index in [1.807, 2.05) is 0 Å². The number of hydrogen-bond donors (Lipinski definition) is 3. The molecule has 0 aromatic carbocycles. The summed E-state index contributed by atoms with van der Waals surface area (Å²) in [5.41, 5.74) is 11.8. The van der Waals surface area contributed by atoms with Gasteiger partial charge in [0.05, 0.1) is 6.04 Å². The minimum absolute atomic E-state index is 0.0437. The van der Waals surface area contributed by atoms with E-state index < -0.39 is 0 Å². The molecule has 92 valence electrons. The fraction of sp³-hybridized carbons (Fsp3) is 0.833. The van der Waals surface area contributed by atoms with E-state index in [0.29, 0.717) is 5.92 Å². The topological polar surface area (TPSA) is 103 Å². The van der Waals surface area contributed by atoms with E-state index in [4.69, 9.17) is 16.9 Å². The van der Waals surface area contributed by atoms with Crippen LogP contribution in [-0.4, -0.2) is 22.4 Å². The van der Waals surface area contributed by atoms with E-state index in [2.05, 4.69) is 6.19 Å². The highest BCUT2D eigenvalue weighted by atomic mass is 15.3. The van der Waals surface area contributed by atoms with Gasteiger partial charge in [-0.2, -0.15) is 5.26 Å². The maximum absolute atomic E-state index is 9.19. The van der Waals surface area contributed by atoms with Crippen molar-refractivity contribution >= 4 is 5.96 Å². The van der Waals surface area contributed by atoms with Gasteiger partial charge in [-0.1, -0.05) is 0 Å². The van der Waals surface area contributed by atoms with Crippen LogP contribution < -0.4 is 11.5 Å². The van der Waals surface area contributed by atoms with Crippen molar-refractivity contribution in [3.63, 3.8) is 0 Å². The van der Waals surface area contributed by atoms with Gasteiger partial charge in [0.25, 0.3) is 0 Å². The van der Waals surface area contributed by atoms with Gasteiger partial charge in [0.2, 0.25) is 5.96 Å². The fourth-order valence-corrected chi connectivity index (χ4v) is 4.81. The molecule has 4 aliphatic rings. The zero-order valence-electron chi connectivity index (χ0n) is 9.89. The molecule has 0 spiro atoms. The van der Waals surface area contributed by atoms with Crippen molar-refractivity contribution in [3.05, 3.63) is 0 Å². The SMILES string of the molecule is N#CN(C(=N)N)C1C2CC3CC(C2)CC1(N)C3. The maximum atomic E-state index is 9.19. The number of nitrogens with one attached hydrogen (secondary N) is 1. The van der Waals surface area contributed by atoms with Crippen LogP contribution in [0.2, 0.25) is 0 Å². The second-order valence-corrected chi connectivity index (χ2v) is 6.14. The summed E-state index contributed by atoms with van der Waals surface area (Å²) in [7, 11) is 0. The smallest absolute Gasteiger partial charge is 0.202 e. The van der Waals surface area contributed by atoms with Crippen LogP contribution in [0.5, 0.6) is 0 Å². The lowest BCUT2D eigenvalue weighted by atomic mass is 9.50. The molecule has 0 heterocycles. The second kappa shape index (κ2) is 3.36. The van der Waals surface area contributed by atoms with Crippen molar-refractivity contribution in [1.29, 1.82) is 10.7 Å². The Balaban J connectivity index is 1.95. The van der Waals surface area contributed by atoms with Crippen molar-refractivity contribution < 1.29 is 0 Å². The fourth-order valence-electron chi connectivity index (χ4n) is 4.81. The first-order valence-electron chi connectivity index (χ1n) is 6.35. The number of nitrogens with two attached hydrogens (primary N) is 2. The largest absolute Gasteiger partial charge is 0.369 e. The molecular weight excluding hydrogens is 214 g/mol. The van der Waals surface area contributed by atoms with Crippen molar-refractivity contribution in [1.82, 2.24) is 4.90 Å². The second-order valence-electron chi connectivity index (χ2n) is 6.14. The van der Waals surface area contributed by atoms with Crippen molar-refractivity contribution in [2.24, 2.45) is 29.2 Å². The Hall–Kier alpha value is -1.28. The highest BCUT2D eigenvalue weighted by molar-refractivity contribution is 5.77. The number of nitrogens with zero attached hydrogens (tertiary/aromatic N) is 2. The zero-order valence-corrected chi connectivity index (χ0v) is 9.89. The lowest BCUT2D eigenvalue weighted by Crippen LogP contribution is -2.70. The summed E-state index contributed by atoms with van der Waals surface area (Å²) in [5.74, 6) is 1.77. The molecule has 0 saturated heterocycles. The number of hydrogen-bond acceptors (Lipinski definition) is 3. The molecule has 0 amide bonds. The van der Waals surface area contributed by atoms with Crippen LogP contribution in [0.15, 0.2) is 0 Å². The van der Waals surface area contributed by atoms with E-state index in [-0.39, 0.29) is 17.5 Å². The van der Waals surface area contributed by atoms with E-state index in [9.17, 15) is 5.26 Å². The van der Waals surface area contributed by atoms with E-state index in [0.717, 1.165) is 37.5 Å². The van der Waals surface area contributed by atoms with Crippen molar-refractivity contribution in [2.75, 3.05) is 0 Å². The molecule has 0 aromatic rings. The van der Waals surface area contributed by atoms with Gasteiger partial charge in [-0.3, -0.25) is 5.41 Å². The molecule has 5 nitrogen and oxygen atoms in total. The molecule has 4 saturated carbocycles. The van der Waals surface area contributed by atoms with Gasteiger partial charge >= 0.3 is 0 Å². The molecule has 4 aliphatic carbocycles. The Bertz CT molecular complexity index is 384. The van der Waals surface area contributed by atoms with Crippen LogP contribution in [-0.2, 0) is 0 Å². The van der Waals surface area contributed by atoms with Gasteiger partial charge in [0.15, 0.2) is 6.19 Å². The summed E-state index contributed by atoms with van der Waals surface area (Å²) in [6.45, 7) is 0. The molecule has 0 aliphatic heterocycles. The van der Waals surface area contributed by atoms with Crippen LogP contribution in [0.4, 0.5) is 0 Å². The first kappa shape index (κ1) is 10.8. The summed E-state index contributed by atoms with van der Waals surface area (Å²) < 4.78 is 0. The predicted octanol–water partition coefficient (Wildman–Crippen LogP) is 0.569. The van der Waals surface area contributed by atoms with E-state index >= 15 is 0 Å². The number of guanidine groups is 1. The third-order valence-electron chi connectivity index (χ3n) is 4.96. The molecule has 0 radical (unpaired) electrons. The average Bonchev–Trinajstić information content (AvgIpc) is 2.20. The Morgan fingerprint density at radius 2 is 1.88 bits per heavy atom. The minimum Gasteiger partial charge on any atom is -0.369 e. The zero-order chi connectivity index (χ0) is 12.2. The average molecular weight is 233 g/mol. The standard InChI is InChI=1S/C12H19N5/c13-6-17(11(14)15)10-9-2-7-1-8(3-9)5-12(10,16)4-7/h7-10H,1-5,16H2,(H3,14,15). The van der Waals surface area contributed by atoms with Crippen LogP contribution in [0.3, 0.4) is 0 Å². The molecular formula is C12H19N5. The van der Waals surface area contributed by atoms with Crippen LogP contribution in [0, 0.1) is 34.6 Å². The lowest BCUT2D eigenvalue weighted by Gasteiger charge is -2.60. The predicted molar refractivity (Wildman–Crippen MR) is 63.6 cm³/mol. The van der Waals surface area contributed by atoms with Crippen molar-refractivity contribution in [2.45, 2.75) is 43.7 Å². The number of rotatable bonds is 1. The molecule has 5 heteroatoms. The van der Waals surface area contributed by atoms with Gasteiger partial charge in [0.1, 0.15) is 0 Å². The minimum atomic E-state index is -0.295. The summed E-state index contributed by atoms with van der Waals surface area (Å²) in [6, 6.07) is -0.0437. The molecule has 4 bridgehead atoms. The Morgan fingerprint density at radius 3 is 2.29 bits per heavy atom. The van der Waals surface area contributed by atoms with Gasteiger partial charge in [0, 0.05) is 5.54 Å². The van der Waals surface area contributed by atoms with Crippen molar-refractivity contribution in [3.8, 4) is 6.19 Å². The molecule has 17 heavy (non-hydrogen) atoms. The van der Waals surface area contributed by atoms with Crippen LogP contribution >= 0.6 is 0 Å². The molecule has 4 fully saturated rings. The highest BCUT2D eigenvalue weighted by Crippen LogP contribution is 2.55. The Morgan fingerprint density at radius 1 is 1.29 bits per heavy atom. The number of nitriles is 1. The Kier molecular flexibility index (Phi) is 2.14. The summed E-state index contributed by atoms with van der Waals surface area (Å²) in [6.07, 6.45) is 7.68. The highest BCUT2D eigenvalue weighted by Gasteiger charge is 2.57. The Labute approximate surface area is 101 Å². The third kappa shape index (κ3) is 1.44.